The van der Waals surface area contributed by atoms with E-state index in [1.807, 2.05) is 0 Å². The number of amides is 1. The summed E-state index contributed by atoms with van der Waals surface area (Å²) in [6.07, 6.45) is 0. The number of hydrogen-bond donors (Lipinski definition) is 3. The fourth-order valence-corrected chi connectivity index (χ4v) is 1.13. The number of halogens is 2. The number of anilines is 1. The van der Waals surface area contributed by atoms with E-state index in [1.165, 1.54) is 6.07 Å². The van der Waals surface area contributed by atoms with Crippen molar-refractivity contribution in [2.24, 2.45) is 0 Å². The van der Waals surface area contributed by atoms with Gasteiger partial charge in [-0.3, -0.25) is 4.79 Å². The van der Waals surface area contributed by atoms with Crippen LogP contribution in [-0.2, 0) is 4.79 Å². The first-order valence-electron chi connectivity index (χ1n) is 5.12. The molecule has 0 saturated heterocycles. The minimum absolute atomic E-state index is 0.124. The van der Waals surface area contributed by atoms with Crippen molar-refractivity contribution >= 4 is 11.6 Å². The summed E-state index contributed by atoms with van der Waals surface area (Å²) in [6, 6.07) is 3.07. The smallest absolute Gasteiger partial charge is 0.238 e. The predicted molar refractivity (Wildman–Crippen MR) is 59.5 cm³/mol. The van der Waals surface area contributed by atoms with Gasteiger partial charge in [-0.15, -0.1) is 0 Å². The third-order valence-electron chi connectivity index (χ3n) is 2.11. The molecule has 0 spiro atoms. The van der Waals surface area contributed by atoms with Crippen molar-refractivity contribution < 1.29 is 18.7 Å². The molecule has 6 heteroatoms. The number of benzene rings is 1. The molecule has 0 aromatic heterocycles. The van der Waals surface area contributed by atoms with E-state index in [1.54, 1.807) is 6.92 Å². The molecule has 0 heterocycles. The van der Waals surface area contributed by atoms with E-state index in [0.29, 0.717) is 0 Å². The van der Waals surface area contributed by atoms with E-state index in [9.17, 15) is 13.6 Å². The molecule has 0 aliphatic heterocycles. The van der Waals surface area contributed by atoms with Gasteiger partial charge in [-0.05, 0) is 19.1 Å². The average Bonchev–Trinajstić information content (AvgIpc) is 2.31. The summed E-state index contributed by atoms with van der Waals surface area (Å²) in [4.78, 5) is 11.3. The van der Waals surface area contributed by atoms with Gasteiger partial charge in [-0.2, -0.15) is 0 Å². The minimum Gasteiger partial charge on any atom is -0.395 e. The van der Waals surface area contributed by atoms with E-state index < -0.39 is 23.2 Å². The quantitative estimate of drug-likeness (QED) is 0.720. The van der Waals surface area contributed by atoms with E-state index in [-0.39, 0.29) is 19.2 Å². The van der Waals surface area contributed by atoms with Gasteiger partial charge >= 0.3 is 0 Å². The molecule has 0 aliphatic carbocycles. The lowest BCUT2D eigenvalue weighted by Gasteiger charge is -2.11. The van der Waals surface area contributed by atoms with Gasteiger partial charge in [-0.1, -0.05) is 6.07 Å². The summed E-state index contributed by atoms with van der Waals surface area (Å²) < 4.78 is 26.3. The Balaban J connectivity index is 2.56. The Morgan fingerprint density at radius 2 is 2.00 bits per heavy atom. The Kier molecular flexibility index (Phi) is 4.99. The first-order chi connectivity index (χ1) is 8.04. The molecule has 0 fully saturated rings. The van der Waals surface area contributed by atoms with Crippen LogP contribution in [0.4, 0.5) is 14.5 Å². The minimum atomic E-state index is -0.825. The molecule has 17 heavy (non-hydrogen) atoms. The normalized spacial score (nSPS) is 12.2. The zero-order valence-electron chi connectivity index (χ0n) is 9.34. The standard InChI is InChI=1S/C11H14F2N2O2/c1-7(6-16)14-5-10(17)15-11-8(12)3-2-4-9(11)13/h2-4,7,14,16H,5-6H2,1H3,(H,15,17). The average molecular weight is 244 g/mol. The monoisotopic (exact) mass is 244 g/mol. The van der Waals surface area contributed by atoms with Crippen molar-refractivity contribution in [3.8, 4) is 0 Å². The Morgan fingerprint density at radius 1 is 1.41 bits per heavy atom. The molecule has 0 radical (unpaired) electrons. The number of aliphatic hydroxyl groups excluding tert-OH is 1. The highest BCUT2D eigenvalue weighted by atomic mass is 19.1. The third kappa shape index (κ3) is 4.08. The second kappa shape index (κ2) is 6.27. The predicted octanol–water partition coefficient (Wildman–Crippen LogP) is 0.874. The summed E-state index contributed by atoms with van der Waals surface area (Å²) in [5.41, 5.74) is -0.462. The van der Waals surface area contributed by atoms with Crippen molar-refractivity contribution in [3.63, 3.8) is 0 Å². The van der Waals surface area contributed by atoms with Gasteiger partial charge < -0.3 is 15.7 Å². The fourth-order valence-electron chi connectivity index (χ4n) is 1.13. The summed E-state index contributed by atoms with van der Waals surface area (Å²) in [7, 11) is 0. The lowest BCUT2D eigenvalue weighted by Crippen LogP contribution is -2.36. The molecule has 94 valence electrons. The number of carbonyl (C=O) groups excluding carboxylic acids is 1. The summed E-state index contributed by atoms with van der Waals surface area (Å²) >= 11 is 0. The molecule has 0 aliphatic rings. The second-order valence-corrected chi connectivity index (χ2v) is 3.61. The van der Waals surface area contributed by atoms with Crippen LogP contribution in [0.3, 0.4) is 0 Å². The zero-order valence-corrected chi connectivity index (χ0v) is 9.34. The van der Waals surface area contributed by atoms with Crippen LogP contribution in [0, 0.1) is 11.6 Å². The molecule has 1 aromatic carbocycles. The van der Waals surface area contributed by atoms with Gasteiger partial charge in [-0.25, -0.2) is 8.78 Å². The van der Waals surface area contributed by atoms with Crippen LogP contribution in [0.1, 0.15) is 6.92 Å². The van der Waals surface area contributed by atoms with Crippen molar-refractivity contribution in [1.29, 1.82) is 0 Å². The Bertz CT molecular complexity index is 379. The molecule has 1 unspecified atom stereocenters. The lowest BCUT2D eigenvalue weighted by molar-refractivity contribution is -0.115. The maximum absolute atomic E-state index is 13.2. The van der Waals surface area contributed by atoms with Gasteiger partial charge in [0.15, 0.2) is 0 Å². The molecule has 0 bridgehead atoms. The second-order valence-electron chi connectivity index (χ2n) is 3.61. The maximum Gasteiger partial charge on any atom is 0.238 e. The van der Waals surface area contributed by atoms with Crippen LogP contribution < -0.4 is 10.6 Å². The molecule has 1 atom stereocenters. The summed E-state index contributed by atoms with van der Waals surface area (Å²) in [6.45, 7) is 1.42. The van der Waals surface area contributed by atoms with E-state index in [4.69, 9.17) is 5.11 Å². The number of aliphatic hydroxyl groups is 1. The number of carbonyl (C=O) groups is 1. The molecule has 4 nitrogen and oxygen atoms in total. The molecular weight excluding hydrogens is 230 g/mol. The highest BCUT2D eigenvalue weighted by Crippen LogP contribution is 2.17. The summed E-state index contributed by atoms with van der Waals surface area (Å²) in [5.74, 6) is -2.23. The van der Waals surface area contributed by atoms with Crippen LogP contribution in [0.5, 0.6) is 0 Å². The van der Waals surface area contributed by atoms with Gasteiger partial charge in [0.2, 0.25) is 5.91 Å². The first kappa shape index (κ1) is 13.5. The third-order valence-corrected chi connectivity index (χ3v) is 2.11. The maximum atomic E-state index is 13.2. The Morgan fingerprint density at radius 3 is 2.53 bits per heavy atom. The SMILES string of the molecule is CC(CO)NCC(=O)Nc1c(F)cccc1F. The van der Waals surface area contributed by atoms with Crippen molar-refractivity contribution in [1.82, 2.24) is 5.32 Å². The van der Waals surface area contributed by atoms with Gasteiger partial charge in [0.25, 0.3) is 0 Å². The number of para-hydroxylation sites is 1. The fraction of sp³-hybridized carbons (Fsp3) is 0.364. The van der Waals surface area contributed by atoms with Crippen LogP contribution in [-0.4, -0.2) is 30.2 Å². The van der Waals surface area contributed by atoms with Crippen LogP contribution in [0.25, 0.3) is 0 Å². The van der Waals surface area contributed by atoms with Gasteiger partial charge in [0.1, 0.15) is 17.3 Å². The summed E-state index contributed by atoms with van der Waals surface area (Å²) in [5, 5.41) is 13.5. The topological polar surface area (TPSA) is 61.4 Å². The van der Waals surface area contributed by atoms with Crippen LogP contribution >= 0.6 is 0 Å². The number of nitrogens with one attached hydrogen (secondary N) is 2. The Labute approximate surface area is 97.6 Å². The first-order valence-corrected chi connectivity index (χ1v) is 5.12. The van der Waals surface area contributed by atoms with E-state index >= 15 is 0 Å². The number of rotatable bonds is 5. The highest BCUT2D eigenvalue weighted by Gasteiger charge is 2.12. The molecule has 1 rings (SSSR count). The van der Waals surface area contributed by atoms with Crippen LogP contribution in [0.2, 0.25) is 0 Å². The molecule has 0 saturated carbocycles. The molecule has 1 amide bonds. The zero-order chi connectivity index (χ0) is 12.8. The molecule has 3 N–H and O–H groups in total. The van der Waals surface area contributed by atoms with E-state index in [2.05, 4.69) is 10.6 Å². The molecule has 1 aromatic rings. The highest BCUT2D eigenvalue weighted by molar-refractivity contribution is 5.92. The van der Waals surface area contributed by atoms with Gasteiger partial charge in [0.05, 0.1) is 13.2 Å². The van der Waals surface area contributed by atoms with Crippen molar-refractivity contribution in [3.05, 3.63) is 29.8 Å². The van der Waals surface area contributed by atoms with Crippen molar-refractivity contribution in [2.45, 2.75) is 13.0 Å². The van der Waals surface area contributed by atoms with Crippen LogP contribution in [0.15, 0.2) is 18.2 Å². The van der Waals surface area contributed by atoms with Crippen molar-refractivity contribution in [2.75, 3.05) is 18.5 Å². The van der Waals surface area contributed by atoms with Gasteiger partial charge in [0, 0.05) is 6.04 Å². The largest absolute Gasteiger partial charge is 0.395 e. The lowest BCUT2D eigenvalue weighted by atomic mass is 10.3. The molecular formula is C11H14F2N2O2. The number of hydrogen-bond acceptors (Lipinski definition) is 3. The Hall–Kier alpha value is -1.53. The van der Waals surface area contributed by atoms with E-state index in [0.717, 1.165) is 12.1 Å².